The van der Waals surface area contributed by atoms with Crippen LogP contribution >= 0.6 is 11.6 Å². The van der Waals surface area contributed by atoms with Crippen LogP contribution in [-0.4, -0.2) is 19.7 Å². The third-order valence-corrected chi connectivity index (χ3v) is 4.62. The Hall–Kier alpha value is -2.93. The minimum absolute atomic E-state index is 0.0122. The molecule has 1 aliphatic rings. The van der Waals surface area contributed by atoms with Crippen molar-refractivity contribution in [3.05, 3.63) is 81.1 Å². The van der Waals surface area contributed by atoms with Crippen LogP contribution < -0.4 is 5.32 Å². The van der Waals surface area contributed by atoms with Crippen LogP contribution in [0.3, 0.4) is 0 Å². The molecule has 7 nitrogen and oxygen atoms in total. The second-order valence-electron chi connectivity index (χ2n) is 5.88. The molecule has 3 aromatic rings. The van der Waals surface area contributed by atoms with Gasteiger partial charge in [-0.05, 0) is 29.7 Å². The number of nitro groups is 1. The fraction of sp³-hybridized carbons (Fsp3) is 0.176. The van der Waals surface area contributed by atoms with E-state index in [4.69, 9.17) is 11.6 Å². The maximum atomic E-state index is 11.1. The van der Waals surface area contributed by atoms with Crippen LogP contribution in [0.2, 0.25) is 5.02 Å². The van der Waals surface area contributed by atoms with Crippen LogP contribution in [0.4, 0.5) is 11.6 Å². The molecule has 2 atom stereocenters. The summed E-state index contributed by atoms with van der Waals surface area (Å²) in [7, 11) is 0. The highest BCUT2D eigenvalue weighted by Gasteiger charge is 2.30. The maximum absolute atomic E-state index is 11.1. The van der Waals surface area contributed by atoms with Gasteiger partial charge in [-0.1, -0.05) is 35.9 Å². The number of anilines is 1. The van der Waals surface area contributed by atoms with Gasteiger partial charge in [0, 0.05) is 17.2 Å². The second-order valence-corrected chi connectivity index (χ2v) is 6.32. The Morgan fingerprint density at radius 3 is 2.76 bits per heavy atom. The summed E-state index contributed by atoms with van der Waals surface area (Å²) < 4.78 is 1.77. The number of nitro benzene ring substituents is 1. The van der Waals surface area contributed by atoms with Gasteiger partial charge in [-0.15, -0.1) is 0 Å². The molecule has 0 saturated carbocycles. The zero-order chi connectivity index (χ0) is 17.4. The van der Waals surface area contributed by atoms with Gasteiger partial charge in [-0.2, -0.15) is 10.1 Å². The highest BCUT2D eigenvalue weighted by Crippen LogP contribution is 2.38. The van der Waals surface area contributed by atoms with Crippen LogP contribution in [0.15, 0.2) is 54.9 Å². The number of hydrogen-bond donors (Lipinski definition) is 1. The van der Waals surface area contributed by atoms with E-state index >= 15 is 0 Å². The first-order valence-corrected chi connectivity index (χ1v) is 8.15. The monoisotopic (exact) mass is 355 g/mol. The topological polar surface area (TPSA) is 85.9 Å². The molecule has 0 amide bonds. The quantitative estimate of drug-likeness (QED) is 0.567. The molecule has 8 heteroatoms. The lowest BCUT2D eigenvalue weighted by atomic mass is 9.93. The lowest BCUT2D eigenvalue weighted by Crippen LogP contribution is -2.28. The van der Waals surface area contributed by atoms with Crippen LogP contribution in [0.1, 0.15) is 29.6 Å². The molecule has 1 N–H and O–H groups in total. The maximum Gasteiger partial charge on any atom is 0.269 e. The van der Waals surface area contributed by atoms with E-state index in [-0.39, 0.29) is 22.7 Å². The first-order chi connectivity index (χ1) is 12.1. The van der Waals surface area contributed by atoms with Crippen molar-refractivity contribution in [1.82, 2.24) is 14.8 Å². The third kappa shape index (κ3) is 2.94. The SMILES string of the molecule is O=[N+]([O-])c1cccc([C@@H]2C[C@H](c3ccc(Cl)cc3)Nc3ncnn32)c1. The third-order valence-electron chi connectivity index (χ3n) is 4.37. The summed E-state index contributed by atoms with van der Waals surface area (Å²) >= 11 is 5.98. The Kier molecular flexibility index (Phi) is 3.85. The molecule has 0 aliphatic carbocycles. The van der Waals surface area contributed by atoms with Crippen molar-refractivity contribution in [3.63, 3.8) is 0 Å². The molecule has 126 valence electrons. The van der Waals surface area contributed by atoms with Crippen molar-refractivity contribution in [3.8, 4) is 0 Å². The predicted octanol–water partition coefficient (Wildman–Crippen LogP) is 3.99. The zero-order valence-electron chi connectivity index (χ0n) is 13.0. The first-order valence-electron chi connectivity index (χ1n) is 7.77. The van der Waals surface area contributed by atoms with E-state index in [0.717, 1.165) is 11.1 Å². The van der Waals surface area contributed by atoms with Crippen molar-refractivity contribution >= 4 is 23.2 Å². The number of halogens is 1. The van der Waals surface area contributed by atoms with E-state index in [1.54, 1.807) is 16.8 Å². The number of benzene rings is 2. The molecule has 1 aliphatic heterocycles. The van der Waals surface area contributed by atoms with Gasteiger partial charge in [0.2, 0.25) is 5.95 Å². The van der Waals surface area contributed by atoms with Gasteiger partial charge < -0.3 is 5.32 Å². The van der Waals surface area contributed by atoms with Crippen molar-refractivity contribution in [1.29, 1.82) is 0 Å². The molecule has 4 rings (SSSR count). The van der Waals surface area contributed by atoms with Gasteiger partial charge >= 0.3 is 0 Å². The standard InChI is InChI=1S/C17H14ClN5O2/c18-13-6-4-11(5-7-13)15-9-16(22-17(21-15)19-10-20-22)12-2-1-3-14(8-12)23(24)25/h1-8,10,15-16H,9H2,(H,19,20,21)/t15-,16+/m1/s1. The molecule has 0 fully saturated rings. The molecule has 0 saturated heterocycles. The van der Waals surface area contributed by atoms with Crippen molar-refractivity contribution in [2.24, 2.45) is 0 Å². The molecular formula is C17H14ClN5O2. The van der Waals surface area contributed by atoms with Gasteiger partial charge in [-0.3, -0.25) is 10.1 Å². The highest BCUT2D eigenvalue weighted by atomic mass is 35.5. The van der Waals surface area contributed by atoms with Crippen molar-refractivity contribution < 1.29 is 4.92 Å². The van der Waals surface area contributed by atoms with Crippen molar-refractivity contribution in [2.75, 3.05) is 5.32 Å². The average molecular weight is 356 g/mol. The van der Waals surface area contributed by atoms with Crippen molar-refractivity contribution in [2.45, 2.75) is 18.5 Å². The Morgan fingerprint density at radius 2 is 2.00 bits per heavy atom. The van der Waals surface area contributed by atoms with Crippen LogP contribution in [0.5, 0.6) is 0 Å². The molecule has 0 radical (unpaired) electrons. The van der Waals surface area contributed by atoms with Crippen LogP contribution in [0.25, 0.3) is 0 Å². The van der Waals surface area contributed by atoms with E-state index in [0.29, 0.717) is 17.4 Å². The summed E-state index contributed by atoms with van der Waals surface area (Å²) in [6.45, 7) is 0. The summed E-state index contributed by atoms with van der Waals surface area (Å²) in [6, 6.07) is 14.2. The Bertz CT molecular complexity index is 925. The molecular weight excluding hydrogens is 342 g/mol. The Balaban J connectivity index is 1.73. The summed E-state index contributed by atoms with van der Waals surface area (Å²) in [5, 5.41) is 19.4. The van der Waals surface area contributed by atoms with Crippen LogP contribution in [0, 0.1) is 10.1 Å². The fourth-order valence-electron chi connectivity index (χ4n) is 3.16. The van der Waals surface area contributed by atoms with E-state index in [1.807, 2.05) is 30.3 Å². The van der Waals surface area contributed by atoms with E-state index < -0.39 is 0 Å². The minimum atomic E-state index is -0.385. The number of hydrogen-bond acceptors (Lipinski definition) is 5. The van der Waals surface area contributed by atoms with Gasteiger partial charge in [0.05, 0.1) is 17.0 Å². The second kappa shape index (κ2) is 6.18. The van der Waals surface area contributed by atoms with E-state index in [9.17, 15) is 10.1 Å². The number of aromatic nitrogens is 3. The molecule has 1 aromatic heterocycles. The van der Waals surface area contributed by atoms with Gasteiger partial charge in [0.1, 0.15) is 6.33 Å². The van der Waals surface area contributed by atoms with Gasteiger partial charge in [0.25, 0.3) is 5.69 Å². The number of fused-ring (bicyclic) bond motifs is 1. The minimum Gasteiger partial charge on any atom is -0.348 e. The van der Waals surface area contributed by atoms with Gasteiger partial charge in [0.15, 0.2) is 0 Å². The summed E-state index contributed by atoms with van der Waals surface area (Å²) in [5.74, 6) is 0.641. The first kappa shape index (κ1) is 15.6. The zero-order valence-corrected chi connectivity index (χ0v) is 13.8. The van der Waals surface area contributed by atoms with E-state index in [2.05, 4.69) is 15.4 Å². The molecule has 0 bridgehead atoms. The summed E-state index contributed by atoms with van der Waals surface area (Å²) in [6.07, 6.45) is 2.18. The Morgan fingerprint density at radius 1 is 1.20 bits per heavy atom. The van der Waals surface area contributed by atoms with Gasteiger partial charge in [-0.25, -0.2) is 4.68 Å². The number of nitrogens with zero attached hydrogens (tertiary/aromatic N) is 4. The highest BCUT2D eigenvalue weighted by molar-refractivity contribution is 6.30. The largest absolute Gasteiger partial charge is 0.348 e. The molecule has 0 unspecified atom stereocenters. The number of rotatable bonds is 3. The molecule has 2 heterocycles. The molecule has 0 spiro atoms. The average Bonchev–Trinajstić information content (AvgIpc) is 3.10. The molecule has 25 heavy (non-hydrogen) atoms. The molecule has 2 aromatic carbocycles. The van der Waals surface area contributed by atoms with Crippen LogP contribution in [-0.2, 0) is 0 Å². The normalized spacial score (nSPS) is 19.1. The fourth-order valence-corrected chi connectivity index (χ4v) is 3.28. The lowest BCUT2D eigenvalue weighted by molar-refractivity contribution is -0.384. The Labute approximate surface area is 148 Å². The van der Waals surface area contributed by atoms with E-state index in [1.165, 1.54) is 12.4 Å². The lowest BCUT2D eigenvalue weighted by Gasteiger charge is -2.31. The smallest absolute Gasteiger partial charge is 0.269 e. The summed E-state index contributed by atoms with van der Waals surface area (Å²) in [4.78, 5) is 15.0. The number of nitrogens with one attached hydrogen (secondary N) is 1. The number of non-ortho nitro benzene ring substituents is 1. The predicted molar refractivity (Wildman–Crippen MR) is 93.7 cm³/mol. The summed E-state index contributed by atoms with van der Waals surface area (Å²) in [5.41, 5.74) is 1.98.